The normalized spacial score (nSPS) is 20.6. The first-order valence-corrected chi connectivity index (χ1v) is 5.03. The molecule has 4 heteroatoms. The van der Waals surface area contributed by atoms with Gasteiger partial charge >= 0.3 is 0 Å². The summed E-state index contributed by atoms with van der Waals surface area (Å²) < 4.78 is 0. The molecule has 86 valence electrons. The van der Waals surface area contributed by atoms with E-state index in [1.54, 1.807) is 13.8 Å². The van der Waals surface area contributed by atoms with E-state index in [4.69, 9.17) is 0 Å². The molecule has 0 saturated heterocycles. The Morgan fingerprint density at radius 2 is 1.86 bits per heavy atom. The molecule has 0 aromatic carbocycles. The average molecular weight is 204 g/mol. The summed E-state index contributed by atoms with van der Waals surface area (Å²) in [4.78, 5) is 1.94. The predicted octanol–water partition coefficient (Wildman–Crippen LogP) is -0.342. The lowest BCUT2D eigenvalue weighted by molar-refractivity contribution is 0.0265. The molecular weight excluding hydrogens is 180 g/mol. The minimum atomic E-state index is -0.757. The minimum absolute atomic E-state index is 0.00337. The van der Waals surface area contributed by atoms with Crippen LogP contribution in [0.15, 0.2) is 0 Å². The number of hydrogen-bond acceptors (Lipinski definition) is 4. The van der Waals surface area contributed by atoms with Crippen molar-refractivity contribution in [1.82, 2.24) is 10.2 Å². The van der Waals surface area contributed by atoms with Crippen LogP contribution in [0.1, 0.15) is 20.8 Å². The summed E-state index contributed by atoms with van der Waals surface area (Å²) in [6.07, 6.45) is -0.398. The maximum absolute atomic E-state index is 9.93. The highest BCUT2D eigenvalue weighted by molar-refractivity contribution is 4.80. The lowest BCUT2D eigenvalue weighted by Crippen LogP contribution is -2.49. The van der Waals surface area contributed by atoms with Crippen molar-refractivity contribution in [2.75, 3.05) is 27.2 Å². The van der Waals surface area contributed by atoms with Gasteiger partial charge < -0.3 is 20.4 Å². The third kappa shape index (κ3) is 6.32. The summed E-state index contributed by atoms with van der Waals surface area (Å²) in [7, 11) is 3.85. The molecular formula is C10H24N2O2. The summed E-state index contributed by atoms with van der Waals surface area (Å²) in [5, 5.41) is 22.3. The Morgan fingerprint density at radius 3 is 2.21 bits per heavy atom. The highest BCUT2D eigenvalue weighted by atomic mass is 16.3. The first-order valence-electron chi connectivity index (χ1n) is 5.03. The van der Waals surface area contributed by atoms with Gasteiger partial charge in [0.25, 0.3) is 0 Å². The average Bonchev–Trinajstić information content (AvgIpc) is 1.97. The fourth-order valence-corrected chi connectivity index (χ4v) is 1.29. The lowest BCUT2D eigenvalue weighted by atomic mass is 10.1. The van der Waals surface area contributed by atoms with Crippen molar-refractivity contribution in [3.63, 3.8) is 0 Å². The van der Waals surface area contributed by atoms with Crippen LogP contribution in [-0.2, 0) is 0 Å². The van der Waals surface area contributed by atoms with Gasteiger partial charge in [-0.05, 0) is 34.9 Å². The molecule has 0 fully saturated rings. The van der Waals surface area contributed by atoms with Gasteiger partial charge in [0.05, 0.1) is 11.7 Å². The largest absolute Gasteiger partial charge is 0.392 e. The highest BCUT2D eigenvalue weighted by Gasteiger charge is 2.22. The molecule has 0 bridgehead atoms. The molecule has 0 aromatic heterocycles. The van der Waals surface area contributed by atoms with Crippen molar-refractivity contribution in [3.8, 4) is 0 Å². The number of likely N-dealkylation sites (N-methyl/N-ethyl adjacent to an activating group) is 1. The molecule has 0 aromatic rings. The Morgan fingerprint density at radius 1 is 1.36 bits per heavy atom. The fraction of sp³-hybridized carbons (Fsp3) is 1.00. The Hall–Kier alpha value is -0.160. The molecule has 0 saturated carbocycles. The topological polar surface area (TPSA) is 55.7 Å². The third-order valence-corrected chi connectivity index (χ3v) is 2.19. The van der Waals surface area contributed by atoms with Crippen LogP contribution in [0.4, 0.5) is 0 Å². The zero-order chi connectivity index (χ0) is 11.4. The van der Waals surface area contributed by atoms with Crippen molar-refractivity contribution in [2.45, 2.75) is 38.5 Å². The molecule has 3 N–H and O–H groups in total. The van der Waals surface area contributed by atoms with Crippen molar-refractivity contribution in [2.24, 2.45) is 0 Å². The Balaban J connectivity index is 3.86. The Bertz CT molecular complexity index is 158. The Labute approximate surface area is 86.9 Å². The van der Waals surface area contributed by atoms with Gasteiger partial charge in [0.15, 0.2) is 0 Å². The first kappa shape index (κ1) is 13.8. The van der Waals surface area contributed by atoms with Crippen molar-refractivity contribution in [1.29, 1.82) is 0 Å². The SMILES string of the molecule is CC(O)C(C)NCC(C)(O)CN(C)C. The summed E-state index contributed by atoms with van der Waals surface area (Å²) in [6.45, 7) is 6.51. The second kappa shape index (κ2) is 5.66. The molecule has 14 heavy (non-hydrogen) atoms. The number of rotatable bonds is 6. The first-order chi connectivity index (χ1) is 6.24. The predicted molar refractivity (Wildman–Crippen MR) is 58.3 cm³/mol. The molecule has 0 aliphatic heterocycles. The van der Waals surface area contributed by atoms with E-state index in [1.165, 1.54) is 0 Å². The smallest absolute Gasteiger partial charge is 0.0869 e. The van der Waals surface area contributed by atoms with Gasteiger partial charge in [-0.3, -0.25) is 0 Å². The standard InChI is InChI=1S/C10H24N2O2/c1-8(9(2)13)11-6-10(3,14)7-12(4)5/h8-9,11,13-14H,6-7H2,1-5H3. The maximum atomic E-state index is 9.93. The van der Waals surface area contributed by atoms with Gasteiger partial charge in [0, 0.05) is 19.1 Å². The van der Waals surface area contributed by atoms with Crippen molar-refractivity contribution in [3.05, 3.63) is 0 Å². The molecule has 0 radical (unpaired) electrons. The van der Waals surface area contributed by atoms with E-state index in [2.05, 4.69) is 5.32 Å². The molecule has 0 spiro atoms. The van der Waals surface area contributed by atoms with E-state index in [1.807, 2.05) is 25.9 Å². The van der Waals surface area contributed by atoms with Crippen LogP contribution in [0.2, 0.25) is 0 Å². The molecule has 4 nitrogen and oxygen atoms in total. The van der Waals surface area contributed by atoms with Crippen LogP contribution < -0.4 is 5.32 Å². The highest BCUT2D eigenvalue weighted by Crippen LogP contribution is 2.03. The van der Waals surface area contributed by atoms with Crippen LogP contribution in [0.5, 0.6) is 0 Å². The van der Waals surface area contributed by atoms with Gasteiger partial charge in [0.2, 0.25) is 0 Å². The zero-order valence-electron chi connectivity index (χ0n) is 9.91. The van der Waals surface area contributed by atoms with Crippen LogP contribution in [0.3, 0.4) is 0 Å². The maximum Gasteiger partial charge on any atom is 0.0869 e. The monoisotopic (exact) mass is 204 g/mol. The molecule has 0 heterocycles. The second-order valence-electron chi connectivity index (χ2n) is 4.64. The van der Waals surface area contributed by atoms with E-state index in [-0.39, 0.29) is 6.04 Å². The zero-order valence-corrected chi connectivity index (χ0v) is 9.91. The number of nitrogens with one attached hydrogen (secondary N) is 1. The van der Waals surface area contributed by atoms with Crippen molar-refractivity contribution < 1.29 is 10.2 Å². The van der Waals surface area contributed by atoms with Crippen LogP contribution in [-0.4, -0.2) is 60.0 Å². The third-order valence-electron chi connectivity index (χ3n) is 2.19. The van der Waals surface area contributed by atoms with Gasteiger partial charge in [-0.25, -0.2) is 0 Å². The fourth-order valence-electron chi connectivity index (χ4n) is 1.29. The number of hydrogen-bond donors (Lipinski definition) is 3. The second-order valence-corrected chi connectivity index (χ2v) is 4.64. The van der Waals surface area contributed by atoms with E-state index in [9.17, 15) is 10.2 Å². The van der Waals surface area contributed by atoms with Gasteiger partial charge in [-0.15, -0.1) is 0 Å². The number of aliphatic hydroxyl groups is 2. The lowest BCUT2D eigenvalue weighted by Gasteiger charge is -2.29. The van der Waals surface area contributed by atoms with Gasteiger partial charge in [-0.2, -0.15) is 0 Å². The summed E-state index contributed by atoms with van der Waals surface area (Å²) in [5.41, 5.74) is -0.757. The van der Waals surface area contributed by atoms with Gasteiger partial charge in [0.1, 0.15) is 0 Å². The van der Waals surface area contributed by atoms with Gasteiger partial charge in [-0.1, -0.05) is 0 Å². The molecule has 0 amide bonds. The molecule has 0 aliphatic carbocycles. The molecule has 0 aliphatic rings. The quantitative estimate of drug-likeness (QED) is 0.554. The van der Waals surface area contributed by atoms with Crippen molar-refractivity contribution >= 4 is 0 Å². The molecule has 0 rings (SSSR count). The van der Waals surface area contributed by atoms with E-state index in [0.717, 1.165) is 0 Å². The summed E-state index contributed by atoms with van der Waals surface area (Å²) in [6, 6.07) is 0.00337. The van der Waals surface area contributed by atoms with E-state index < -0.39 is 11.7 Å². The van der Waals surface area contributed by atoms with Crippen LogP contribution in [0.25, 0.3) is 0 Å². The molecule has 3 atom stereocenters. The number of aliphatic hydroxyl groups excluding tert-OH is 1. The minimum Gasteiger partial charge on any atom is -0.392 e. The molecule has 3 unspecified atom stereocenters. The van der Waals surface area contributed by atoms with Crippen LogP contribution in [0, 0.1) is 0 Å². The van der Waals surface area contributed by atoms with E-state index >= 15 is 0 Å². The van der Waals surface area contributed by atoms with E-state index in [0.29, 0.717) is 13.1 Å². The summed E-state index contributed by atoms with van der Waals surface area (Å²) >= 11 is 0. The van der Waals surface area contributed by atoms with Crippen LogP contribution >= 0.6 is 0 Å². The number of nitrogens with zero attached hydrogens (tertiary/aromatic N) is 1. The Kier molecular flexibility index (Phi) is 5.59. The summed E-state index contributed by atoms with van der Waals surface area (Å²) in [5.74, 6) is 0.